The SMILES string of the molecule is COc1ccc(CNC2CCC(Nc3ccnc4cc(Cl)ccc34)CC2)cc1OC.Cl.Cl. The molecule has 0 atom stereocenters. The Hall–Kier alpha value is -1.92. The summed E-state index contributed by atoms with van der Waals surface area (Å²) in [6, 6.07) is 15.0. The lowest BCUT2D eigenvalue weighted by Crippen LogP contribution is -2.36. The molecule has 8 heteroatoms. The van der Waals surface area contributed by atoms with Gasteiger partial charge in [-0.3, -0.25) is 4.98 Å². The summed E-state index contributed by atoms with van der Waals surface area (Å²) < 4.78 is 10.7. The third-order valence-corrected chi connectivity index (χ3v) is 6.07. The van der Waals surface area contributed by atoms with Crippen LogP contribution in [0, 0.1) is 0 Å². The molecule has 0 aliphatic heterocycles. The average Bonchev–Trinajstić information content (AvgIpc) is 2.78. The molecule has 1 aliphatic carbocycles. The van der Waals surface area contributed by atoms with E-state index in [1.165, 1.54) is 5.56 Å². The highest BCUT2D eigenvalue weighted by Crippen LogP contribution is 2.29. The van der Waals surface area contributed by atoms with Crippen LogP contribution in [0.2, 0.25) is 5.02 Å². The van der Waals surface area contributed by atoms with Gasteiger partial charge in [-0.15, -0.1) is 24.8 Å². The first-order chi connectivity index (χ1) is 14.7. The molecular weight excluding hydrogens is 469 g/mol. The monoisotopic (exact) mass is 497 g/mol. The maximum atomic E-state index is 6.10. The van der Waals surface area contributed by atoms with Crippen LogP contribution >= 0.6 is 36.4 Å². The van der Waals surface area contributed by atoms with E-state index >= 15 is 0 Å². The molecule has 4 rings (SSSR count). The summed E-state index contributed by atoms with van der Waals surface area (Å²) in [6.45, 7) is 0.832. The Balaban J connectivity index is 0.00000181. The highest BCUT2D eigenvalue weighted by atomic mass is 35.5. The molecule has 3 aromatic rings. The molecule has 0 amide bonds. The average molecular weight is 499 g/mol. The van der Waals surface area contributed by atoms with Crippen molar-refractivity contribution in [2.24, 2.45) is 0 Å². The van der Waals surface area contributed by atoms with Gasteiger partial charge in [-0.1, -0.05) is 17.7 Å². The summed E-state index contributed by atoms with van der Waals surface area (Å²) in [4.78, 5) is 4.43. The highest BCUT2D eigenvalue weighted by Gasteiger charge is 2.21. The second kappa shape index (κ2) is 12.4. The van der Waals surface area contributed by atoms with Crippen molar-refractivity contribution < 1.29 is 9.47 Å². The molecule has 2 N–H and O–H groups in total. The summed E-state index contributed by atoms with van der Waals surface area (Å²) in [5.41, 5.74) is 3.27. The van der Waals surface area contributed by atoms with Gasteiger partial charge in [0.1, 0.15) is 0 Å². The van der Waals surface area contributed by atoms with Crippen LogP contribution in [-0.4, -0.2) is 31.3 Å². The summed E-state index contributed by atoms with van der Waals surface area (Å²) >= 11 is 6.10. The second-order valence-corrected chi connectivity index (χ2v) is 8.22. The Morgan fingerprint density at radius 3 is 2.34 bits per heavy atom. The first kappa shape index (κ1) is 26.3. The number of nitrogens with one attached hydrogen (secondary N) is 2. The zero-order valence-corrected chi connectivity index (χ0v) is 20.7. The van der Waals surface area contributed by atoms with E-state index in [-0.39, 0.29) is 24.8 Å². The fraction of sp³-hybridized carbons (Fsp3) is 0.375. The fourth-order valence-corrected chi connectivity index (χ4v) is 4.33. The molecule has 0 radical (unpaired) electrons. The number of anilines is 1. The van der Waals surface area contributed by atoms with E-state index in [9.17, 15) is 0 Å². The molecule has 32 heavy (non-hydrogen) atoms. The van der Waals surface area contributed by atoms with Crippen molar-refractivity contribution in [3.63, 3.8) is 0 Å². The zero-order chi connectivity index (χ0) is 20.9. The number of rotatable bonds is 7. The number of methoxy groups -OCH3 is 2. The molecule has 2 aromatic carbocycles. The lowest BCUT2D eigenvalue weighted by atomic mass is 9.90. The van der Waals surface area contributed by atoms with Gasteiger partial charge in [0.25, 0.3) is 0 Å². The predicted octanol–water partition coefficient (Wildman–Crippen LogP) is 6.26. The van der Waals surface area contributed by atoms with Crippen LogP contribution in [0.25, 0.3) is 10.9 Å². The predicted molar refractivity (Wildman–Crippen MR) is 137 cm³/mol. The number of halogens is 3. The number of pyridine rings is 1. The summed E-state index contributed by atoms with van der Waals surface area (Å²) in [5.74, 6) is 1.54. The molecule has 1 aliphatic rings. The lowest BCUT2D eigenvalue weighted by Gasteiger charge is -2.30. The Morgan fingerprint density at radius 2 is 1.62 bits per heavy atom. The first-order valence-electron chi connectivity index (χ1n) is 10.4. The number of aromatic nitrogens is 1. The van der Waals surface area contributed by atoms with Crippen molar-refractivity contribution in [3.8, 4) is 11.5 Å². The minimum atomic E-state index is 0. The Kier molecular flexibility index (Phi) is 10.2. The van der Waals surface area contributed by atoms with Gasteiger partial charge in [-0.05, 0) is 67.6 Å². The molecule has 174 valence electrons. The van der Waals surface area contributed by atoms with Gasteiger partial charge in [0.05, 0.1) is 19.7 Å². The largest absolute Gasteiger partial charge is 0.493 e. The van der Waals surface area contributed by atoms with Crippen molar-refractivity contribution in [3.05, 3.63) is 59.2 Å². The van der Waals surface area contributed by atoms with Gasteiger partial charge in [-0.2, -0.15) is 0 Å². The molecule has 1 aromatic heterocycles. The van der Waals surface area contributed by atoms with Crippen molar-refractivity contribution in [1.82, 2.24) is 10.3 Å². The highest BCUT2D eigenvalue weighted by molar-refractivity contribution is 6.31. The van der Waals surface area contributed by atoms with Gasteiger partial charge >= 0.3 is 0 Å². The molecule has 0 saturated heterocycles. The second-order valence-electron chi connectivity index (χ2n) is 7.78. The van der Waals surface area contributed by atoms with E-state index in [0.717, 1.165) is 60.3 Å². The molecule has 0 unspecified atom stereocenters. The third kappa shape index (κ3) is 6.32. The Labute approximate surface area is 207 Å². The van der Waals surface area contributed by atoms with E-state index in [1.54, 1.807) is 14.2 Å². The summed E-state index contributed by atoms with van der Waals surface area (Å²) in [5, 5.41) is 9.26. The smallest absolute Gasteiger partial charge is 0.161 e. The van der Waals surface area contributed by atoms with E-state index in [1.807, 2.05) is 36.5 Å². The topological polar surface area (TPSA) is 55.4 Å². The lowest BCUT2D eigenvalue weighted by molar-refractivity contribution is 0.348. The van der Waals surface area contributed by atoms with E-state index < -0.39 is 0 Å². The van der Waals surface area contributed by atoms with Gasteiger partial charge in [0.2, 0.25) is 0 Å². The number of benzene rings is 2. The van der Waals surface area contributed by atoms with E-state index in [0.29, 0.717) is 17.1 Å². The zero-order valence-electron chi connectivity index (χ0n) is 18.3. The maximum Gasteiger partial charge on any atom is 0.161 e. The maximum absolute atomic E-state index is 6.10. The van der Waals surface area contributed by atoms with Crippen LogP contribution in [0.5, 0.6) is 11.5 Å². The number of ether oxygens (including phenoxy) is 2. The Bertz CT molecular complexity index is 1010. The van der Waals surface area contributed by atoms with Crippen LogP contribution in [0.3, 0.4) is 0 Å². The van der Waals surface area contributed by atoms with Crippen molar-refractivity contribution in [2.75, 3.05) is 19.5 Å². The number of hydrogen-bond acceptors (Lipinski definition) is 5. The van der Waals surface area contributed by atoms with Crippen LogP contribution in [0.4, 0.5) is 5.69 Å². The van der Waals surface area contributed by atoms with Crippen LogP contribution in [-0.2, 0) is 6.54 Å². The summed E-state index contributed by atoms with van der Waals surface area (Å²) in [6.07, 6.45) is 6.43. The van der Waals surface area contributed by atoms with Gasteiger partial charge in [-0.25, -0.2) is 0 Å². The van der Waals surface area contributed by atoms with Crippen molar-refractivity contribution >= 4 is 53.0 Å². The Morgan fingerprint density at radius 1 is 0.906 bits per heavy atom. The molecule has 1 heterocycles. The van der Waals surface area contributed by atoms with Crippen molar-refractivity contribution in [1.29, 1.82) is 0 Å². The number of nitrogens with zero attached hydrogens (tertiary/aromatic N) is 1. The number of hydrogen-bond donors (Lipinski definition) is 2. The number of fused-ring (bicyclic) bond motifs is 1. The molecule has 1 saturated carbocycles. The van der Waals surface area contributed by atoms with E-state index in [4.69, 9.17) is 21.1 Å². The first-order valence-corrected chi connectivity index (χ1v) is 10.8. The van der Waals surface area contributed by atoms with E-state index in [2.05, 4.69) is 27.8 Å². The quantitative estimate of drug-likeness (QED) is 0.402. The minimum absolute atomic E-state index is 0. The van der Waals surface area contributed by atoms with Crippen molar-refractivity contribution in [2.45, 2.75) is 44.3 Å². The fourth-order valence-electron chi connectivity index (χ4n) is 4.16. The standard InChI is InChI=1S/C24H28ClN3O2.2ClH/c1-29-23-10-3-16(13-24(23)30-2)15-27-18-5-7-19(8-6-18)28-21-11-12-26-22-14-17(25)4-9-20(21)22;;/h3-4,9-14,18-19,27H,5-8,15H2,1-2H3,(H,26,28);2*1H. The molecule has 1 fully saturated rings. The van der Waals surface area contributed by atoms with Crippen LogP contribution in [0.15, 0.2) is 48.7 Å². The van der Waals surface area contributed by atoms with Gasteiger partial charge < -0.3 is 20.1 Å². The van der Waals surface area contributed by atoms with Crippen LogP contribution < -0.4 is 20.1 Å². The molecular formula is C24H30Cl3N3O2. The van der Waals surface area contributed by atoms with Gasteiger partial charge in [0.15, 0.2) is 11.5 Å². The van der Waals surface area contributed by atoms with Crippen LogP contribution in [0.1, 0.15) is 31.2 Å². The minimum Gasteiger partial charge on any atom is -0.493 e. The molecule has 5 nitrogen and oxygen atoms in total. The molecule has 0 bridgehead atoms. The molecule has 0 spiro atoms. The summed E-state index contributed by atoms with van der Waals surface area (Å²) in [7, 11) is 3.33. The third-order valence-electron chi connectivity index (χ3n) is 5.83. The normalized spacial score (nSPS) is 17.7. The van der Waals surface area contributed by atoms with Gasteiger partial charge in [0, 0.05) is 40.9 Å².